The molecule has 0 aromatic carbocycles. The molecule has 1 atom stereocenters. The Morgan fingerprint density at radius 1 is 1.92 bits per heavy atom. The Hall–Kier alpha value is -0.840. The van der Waals surface area contributed by atoms with E-state index in [0.29, 0.717) is 11.2 Å². The zero-order valence-electron chi connectivity index (χ0n) is 6.58. The van der Waals surface area contributed by atoms with Gasteiger partial charge in [-0.1, -0.05) is 0 Å². The average molecular weight is 233 g/mol. The van der Waals surface area contributed by atoms with Crippen molar-refractivity contribution >= 4 is 28.1 Å². The number of rotatable bonds is 2. The molecule has 1 aliphatic heterocycles. The molecule has 0 aromatic heterocycles. The first-order chi connectivity index (χ1) is 5.74. The van der Waals surface area contributed by atoms with Crippen LogP contribution < -0.4 is 5.32 Å². The minimum atomic E-state index is -0.453. The Labute approximate surface area is 78.8 Å². The van der Waals surface area contributed by atoms with Crippen molar-refractivity contribution in [1.82, 2.24) is 5.32 Å². The lowest BCUT2D eigenvalue weighted by Crippen LogP contribution is -2.37. The molecule has 1 rings (SSSR count). The molecule has 0 amide bonds. The van der Waals surface area contributed by atoms with Gasteiger partial charge in [0.2, 0.25) is 0 Å². The molecule has 0 saturated heterocycles. The molecule has 5 heteroatoms. The third-order valence-corrected chi connectivity index (χ3v) is 1.70. The van der Waals surface area contributed by atoms with Crippen LogP contribution in [-0.4, -0.2) is 24.8 Å². The van der Waals surface area contributed by atoms with Gasteiger partial charge in [-0.2, -0.15) is 0 Å². The Kier molecular flexibility index (Phi) is 3.28. The minimum absolute atomic E-state index is 0.308. The van der Waals surface area contributed by atoms with Gasteiger partial charge in [-0.15, -0.1) is 0 Å². The fourth-order valence-electron chi connectivity index (χ4n) is 0.746. The first-order valence-electron chi connectivity index (χ1n) is 3.56. The molecule has 0 saturated carbocycles. The molecule has 1 N–H and O–H groups in total. The molecule has 0 aliphatic carbocycles. The molecular weight excluding hydrogens is 224 g/mol. The topological polar surface area (TPSA) is 50.7 Å². The summed E-state index contributed by atoms with van der Waals surface area (Å²) >= 11 is 3.15. The second-order valence-electron chi connectivity index (χ2n) is 2.14. The summed E-state index contributed by atoms with van der Waals surface area (Å²) in [5.74, 6) is -0.308. The van der Waals surface area contributed by atoms with Crippen molar-refractivity contribution in [2.45, 2.75) is 13.0 Å². The second-order valence-corrected chi connectivity index (χ2v) is 2.95. The number of hydrogen-bond donors (Lipinski definition) is 1. The standard InChI is InChI=1S/C7H9BrN2O2/c1-2-12-7(11)5-3-10-6(8)4-9-5/h3-5,9H,2H2,1H3. The van der Waals surface area contributed by atoms with Crippen LogP contribution in [0.15, 0.2) is 15.8 Å². The number of carbonyl (C=O) groups is 1. The van der Waals surface area contributed by atoms with Crippen LogP contribution in [-0.2, 0) is 9.53 Å². The van der Waals surface area contributed by atoms with Crippen LogP contribution in [0, 0.1) is 0 Å². The Morgan fingerprint density at radius 3 is 3.17 bits per heavy atom. The molecule has 1 heterocycles. The molecule has 0 radical (unpaired) electrons. The Bertz CT molecular complexity index is 238. The summed E-state index contributed by atoms with van der Waals surface area (Å²) in [6.45, 7) is 2.15. The van der Waals surface area contributed by atoms with Gasteiger partial charge in [0.25, 0.3) is 0 Å². The highest BCUT2D eigenvalue weighted by Crippen LogP contribution is 2.07. The number of carbonyl (C=O) groups excluding carboxylic acids is 1. The van der Waals surface area contributed by atoms with Gasteiger partial charge in [0, 0.05) is 12.4 Å². The number of halogens is 1. The predicted molar refractivity (Wildman–Crippen MR) is 49.1 cm³/mol. The first kappa shape index (κ1) is 9.25. The largest absolute Gasteiger partial charge is 0.464 e. The zero-order chi connectivity index (χ0) is 8.97. The number of ether oxygens (including phenoxy) is 1. The lowest BCUT2D eigenvalue weighted by Gasteiger charge is -2.13. The van der Waals surface area contributed by atoms with Crippen LogP contribution in [0.3, 0.4) is 0 Å². The van der Waals surface area contributed by atoms with E-state index >= 15 is 0 Å². The molecule has 0 bridgehead atoms. The molecule has 0 fully saturated rings. The van der Waals surface area contributed by atoms with Crippen molar-refractivity contribution in [3.05, 3.63) is 10.8 Å². The van der Waals surface area contributed by atoms with Gasteiger partial charge in [-0.3, -0.25) is 0 Å². The summed E-state index contributed by atoms with van der Waals surface area (Å²) in [6, 6.07) is -0.453. The maximum Gasteiger partial charge on any atom is 0.334 e. The number of nitrogens with zero attached hydrogens (tertiary/aromatic N) is 1. The number of nitrogens with one attached hydrogen (secondary N) is 1. The summed E-state index contributed by atoms with van der Waals surface area (Å²) in [6.07, 6.45) is 3.11. The van der Waals surface area contributed by atoms with Crippen LogP contribution in [0.5, 0.6) is 0 Å². The van der Waals surface area contributed by atoms with Crippen molar-refractivity contribution in [3.8, 4) is 0 Å². The lowest BCUT2D eigenvalue weighted by atomic mass is 10.3. The third kappa shape index (κ3) is 2.34. The van der Waals surface area contributed by atoms with Crippen molar-refractivity contribution in [3.63, 3.8) is 0 Å². The van der Waals surface area contributed by atoms with E-state index in [1.54, 1.807) is 13.1 Å². The molecule has 0 aromatic rings. The Morgan fingerprint density at radius 2 is 2.67 bits per heavy atom. The van der Waals surface area contributed by atoms with Crippen LogP contribution in [0.1, 0.15) is 6.92 Å². The fraction of sp³-hybridized carbons (Fsp3) is 0.429. The van der Waals surface area contributed by atoms with Gasteiger partial charge in [-0.25, -0.2) is 9.79 Å². The van der Waals surface area contributed by atoms with Crippen molar-refractivity contribution in [2.75, 3.05) is 6.61 Å². The highest BCUT2D eigenvalue weighted by molar-refractivity contribution is 9.11. The summed E-state index contributed by atoms with van der Waals surface area (Å²) < 4.78 is 5.45. The molecule has 66 valence electrons. The first-order valence-corrected chi connectivity index (χ1v) is 4.36. The maximum absolute atomic E-state index is 11.1. The van der Waals surface area contributed by atoms with E-state index in [4.69, 9.17) is 4.74 Å². The molecule has 12 heavy (non-hydrogen) atoms. The number of hydrogen-bond acceptors (Lipinski definition) is 4. The summed E-state index contributed by atoms with van der Waals surface area (Å²) in [5, 5.41) is 2.82. The van der Waals surface area contributed by atoms with Gasteiger partial charge in [0.15, 0.2) is 6.04 Å². The molecule has 1 aliphatic rings. The average Bonchev–Trinajstić information content (AvgIpc) is 2.06. The highest BCUT2D eigenvalue weighted by Gasteiger charge is 2.17. The van der Waals surface area contributed by atoms with Crippen LogP contribution in [0.2, 0.25) is 0 Å². The second kappa shape index (κ2) is 4.25. The monoisotopic (exact) mass is 232 g/mol. The quantitative estimate of drug-likeness (QED) is 0.566. The Balaban J connectivity index is 2.47. The third-order valence-electron chi connectivity index (χ3n) is 1.27. The van der Waals surface area contributed by atoms with Crippen LogP contribution in [0.25, 0.3) is 0 Å². The molecule has 1 unspecified atom stereocenters. The van der Waals surface area contributed by atoms with Crippen molar-refractivity contribution < 1.29 is 9.53 Å². The van der Waals surface area contributed by atoms with E-state index in [1.165, 1.54) is 6.21 Å². The van der Waals surface area contributed by atoms with E-state index in [2.05, 4.69) is 26.2 Å². The van der Waals surface area contributed by atoms with Gasteiger partial charge in [-0.05, 0) is 22.9 Å². The van der Waals surface area contributed by atoms with Crippen molar-refractivity contribution in [2.24, 2.45) is 4.99 Å². The normalized spacial score (nSPS) is 21.2. The lowest BCUT2D eigenvalue weighted by molar-refractivity contribution is -0.143. The predicted octanol–water partition coefficient (Wildman–Crippen LogP) is 0.786. The van der Waals surface area contributed by atoms with Crippen LogP contribution in [0.4, 0.5) is 0 Å². The van der Waals surface area contributed by atoms with Gasteiger partial charge < -0.3 is 10.1 Å². The zero-order valence-corrected chi connectivity index (χ0v) is 8.17. The number of aliphatic imine (C=N–C) groups is 1. The van der Waals surface area contributed by atoms with E-state index in [0.717, 1.165) is 0 Å². The maximum atomic E-state index is 11.1. The van der Waals surface area contributed by atoms with Gasteiger partial charge in [0.1, 0.15) is 4.61 Å². The van der Waals surface area contributed by atoms with E-state index < -0.39 is 6.04 Å². The van der Waals surface area contributed by atoms with Gasteiger partial charge in [0.05, 0.1) is 6.61 Å². The SMILES string of the molecule is CCOC(=O)C1C=NC(Br)=CN1. The molecular formula is C7H9BrN2O2. The minimum Gasteiger partial charge on any atom is -0.464 e. The summed E-state index contributed by atoms with van der Waals surface area (Å²) in [5.41, 5.74) is 0. The fourth-order valence-corrected chi connectivity index (χ4v) is 0.996. The van der Waals surface area contributed by atoms with E-state index in [9.17, 15) is 4.79 Å². The van der Waals surface area contributed by atoms with E-state index in [1.807, 2.05) is 0 Å². The number of esters is 1. The van der Waals surface area contributed by atoms with Crippen LogP contribution >= 0.6 is 15.9 Å². The molecule has 4 nitrogen and oxygen atoms in total. The smallest absolute Gasteiger partial charge is 0.334 e. The van der Waals surface area contributed by atoms with Crippen molar-refractivity contribution in [1.29, 1.82) is 0 Å². The van der Waals surface area contributed by atoms with E-state index in [-0.39, 0.29) is 5.97 Å². The molecule has 0 spiro atoms. The summed E-state index contributed by atoms with van der Waals surface area (Å²) in [4.78, 5) is 15.0. The highest BCUT2D eigenvalue weighted by atomic mass is 79.9. The van der Waals surface area contributed by atoms with Gasteiger partial charge >= 0.3 is 5.97 Å². The summed E-state index contributed by atoms with van der Waals surface area (Å²) in [7, 11) is 0.